The van der Waals surface area contributed by atoms with Gasteiger partial charge in [-0.1, -0.05) is 11.6 Å². The van der Waals surface area contributed by atoms with Crippen LogP contribution in [0.15, 0.2) is 17.4 Å². The number of likely N-dealkylation sites (N-methyl/N-ethyl adjacent to an activating group) is 1. The predicted molar refractivity (Wildman–Crippen MR) is 102 cm³/mol. The number of rotatable bonds is 4. The maximum absolute atomic E-state index is 15.0. The van der Waals surface area contributed by atoms with Gasteiger partial charge in [-0.05, 0) is 6.08 Å². The van der Waals surface area contributed by atoms with Crippen LogP contribution in [-0.4, -0.2) is 57.2 Å². The van der Waals surface area contributed by atoms with Crippen LogP contribution in [-0.2, 0) is 9.84 Å². The van der Waals surface area contributed by atoms with E-state index in [1.807, 2.05) is 0 Å². The minimum atomic E-state index is -3.64. The molecule has 0 radical (unpaired) electrons. The molecule has 0 bridgehead atoms. The summed E-state index contributed by atoms with van der Waals surface area (Å²) in [7, 11) is 0.511. The molecule has 1 aromatic carbocycles. The van der Waals surface area contributed by atoms with Gasteiger partial charge in [-0.2, -0.15) is 0 Å². The molecule has 1 aliphatic heterocycles. The molecule has 1 N–H and O–H groups in total. The second-order valence-electron chi connectivity index (χ2n) is 6.07. The molecule has 0 aliphatic carbocycles. The summed E-state index contributed by atoms with van der Waals surface area (Å²) in [4.78, 5) is 9.13. The molecule has 0 saturated carbocycles. The van der Waals surface area contributed by atoms with Gasteiger partial charge in [0.15, 0.2) is 17.8 Å². The molecule has 1 atom stereocenters. The van der Waals surface area contributed by atoms with Crippen molar-refractivity contribution in [2.45, 2.75) is 11.4 Å². The van der Waals surface area contributed by atoms with E-state index in [-0.39, 0.29) is 38.6 Å². The van der Waals surface area contributed by atoms with Gasteiger partial charge in [0.2, 0.25) is 15.0 Å². The molecule has 1 unspecified atom stereocenters. The van der Waals surface area contributed by atoms with E-state index >= 15 is 0 Å². The highest BCUT2D eigenvalue weighted by atomic mass is 35.5. The Morgan fingerprint density at radius 1 is 1.29 bits per heavy atom. The zero-order valence-electron chi connectivity index (χ0n) is 15.4. The Labute approximate surface area is 166 Å². The molecular weight excluding hydrogens is 413 g/mol. The zero-order chi connectivity index (χ0) is 20.8. The number of halogens is 2. The van der Waals surface area contributed by atoms with E-state index in [0.29, 0.717) is 5.56 Å². The van der Waals surface area contributed by atoms with Crippen molar-refractivity contribution in [3.63, 3.8) is 0 Å². The lowest BCUT2D eigenvalue weighted by molar-refractivity contribution is 0.230. The lowest BCUT2D eigenvalue weighted by Crippen LogP contribution is -2.36. The number of aliphatic hydroxyl groups is 1. The van der Waals surface area contributed by atoms with E-state index in [9.17, 15) is 17.9 Å². The highest BCUT2D eigenvalue weighted by Crippen LogP contribution is 2.44. The summed E-state index contributed by atoms with van der Waals surface area (Å²) in [5, 5.41) is 10.3. The Hall–Kier alpha value is -2.43. The number of ether oxygens (including phenoxy) is 2. The van der Waals surface area contributed by atoms with E-state index in [0.717, 1.165) is 6.26 Å². The van der Waals surface area contributed by atoms with Crippen LogP contribution in [0.2, 0.25) is 5.02 Å². The fourth-order valence-electron chi connectivity index (χ4n) is 2.84. The van der Waals surface area contributed by atoms with E-state index < -0.39 is 21.9 Å². The third-order valence-electron chi connectivity index (χ3n) is 4.26. The quantitative estimate of drug-likeness (QED) is 0.736. The summed E-state index contributed by atoms with van der Waals surface area (Å²) in [5.74, 6) is -0.538. The van der Waals surface area contributed by atoms with Crippen LogP contribution in [0, 0.1) is 5.82 Å². The first kappa shape index (κ1) is 20.3. The number of hydrogen-bond acceptors (Lipinski definition) is 8. The Morgan fingerprint density at radius 3 is 2.50 bits per heavy atom. The summed E-state index contributed by atoms with van der Waals surface area (Å²) >= 11 is 6.30. The molecule has 2 heterocycles. The number of fused-ring (bicyclic) bond motifs is 1. The lowest BCUT2D eigenvalue weighted by atomic mass is 9.97. The lowest BCUT2D eigenvalue weighted by Gasteiger charge is -2.32. The van der Waals surface area contributed by atoms with Crippen molar-refractivity contribution in [3.8, 4) is 11.5 Å². The van der Waals surface area contributed by atoms with Crippen LogP contribution in [0.5, 0.6) is 11.5 Å². The van der Waals surface area contributed by atoms with E-state index in [1.54, 1.807) is 0 Å². The van der Waals surface area contributed by atoms with Crippen LogP contribution in [0.1, 0.15) is 11.1 Å². The minimum absolute atomic E-state index is 0.0448. The second kappa shape index (κ2) is 7.19. The molecule has 8 nitrogen and oxygen atoms in total. The molecule has 3 rings (SSSR count). The van der Waals surface area contributed by atoms with Gasteiger partial charge in [-0.15, -0.1) is 0 Å². The fourth-order valence-corrected chi connectivity index (χ4v) is 3.66. The molecule has 28 heavy (non-hydrogen) atoms. The Bertz CT molecular complexity index is 1060. The SMILES string of the molecule is COc1cc(OC)c(Cl)c(C2=Cc3cnc(S(C)(=O)=O)nc3N(C)C2O)c1F. The van der Waals surface area contributed by atoms with Gasteiger partial charge in [0.05, 0.1) is 19.2 Å². The van der Waals surface area contributed by atoms with Crippen LogP contribution >= 0.6 is 11.6 Å². The Morgan fingerprint density at radius 2 is 1.93 bits per heavy atom. The smallest absolute Gasteiger partial charge is 0.248 e. The van der Waals surface area contributed by atoms with Crippen molar-refractivity contribution in [1.82, 2.24) is 9.97 Å². The van der Waals surface area contributed by atoms with Crippen molar-refractivity contribution in [3.05, 3.63) is 34.2 Å². The number of anilines is 1. The van der Waals surface area contributed by atoms with Gasteiger partial charge >= 0.3 is 0 Å². The molecule has 0 saturated heterocycles. The second-order valence-corrected chi connectivity index (χ2v) is 8.36. The Balaban J connectivity index is 2.26. The molecular formula is C17H17ClFN3O5S. The molecule has 1 aromatic heterocycles. The van der Waals surface area contributed by atoms with Gasteiger partial charge in [-0.3, -0.25) is 0 Å². The predicted octanol–water partition coefficient (Wildman–Crippen LogP) is 2.00. The van der Waals surface area contributed by atoms with Crippen molar-refractivity contribution < 1.29 is 27.4 Å². The monoisotopic (exact) mass is 429 g/mol. The standard InChI is InChI=1S/C17H17ClFN3O5S/c1-22-15-8(7-20-17(21-15)28(4,24)25)5-9(16(22)23)12-13(18)10(26-2)6-11(27-3)14(12)19/h5-7,16,23H,1-4H3. The third-order valence-corrected chi connectivity index (χ3v) is 5.49. The molecule has 1 aliphatic rings. The maximum Gasteiger partial charge on any atom is 0.248 e. The van der Waals surface area contributed by atoms with Crippen LogP contribution in [0.4, 0.5) is 10.2 Å². The minimum Gasteiger partial charge on any atom is -0.495 e. The first-order chi connectivity index (χ1) is 13.1. The molecule has 0 fully saturated rings. The fraction of sp³-hybridized carbons (Fsp3) is 0.294. The Kier molecular flexibility index (Phi) is 5.22. The first-order valence-electron chi connectivity index (χ1n) is 7.90. The van der Waals surface area contributed by atoms with Crippen molar-refractivity contribution >= 4 is 38.9 Å². The van der Waals surface area contributed by atoms with Gasteiger partial charge < -0.3 is 19.5 Å². The average molecular weight is 430 g/mol. The molecule has 2 aromatic rings. The number of hydrogen-bond donors (Lipinski definition) is 1. The molecule has 0 amide bonds. The van der Waals surface area contributed by atoms with Crippen LogP contribution in [0.25, 0.3) is 11.6 Å². The molecule has 0 spiro atoms. The average Bonchev–Trinajstić information content (AvgIpc) is 2.65. The third kappa shape index (κ3) is 3.27. The number of aromatic nitrogens is 2. The number of sulfone groups is 1. The summed E-state index contributed by atoms with van der Waals surface area (Å²) in [6, 6.07) is 1.30. The first-order valence-corrected chi connectivity index (χ1v) is 10.2. The highest BCUT2D eigenvalue weighted by Gasteiger charge is 2.32. The van der Waals surface area contributed by atoms with E-state index in [1.165, 1.54) is 44.5 Å². The highest BCUT2D eigenvalue weighted by molar-refractivity contribution is 7.90. The summed E-state index contributed by atoms with van der Waals surface area (Å²) in [6.07, 6.45) is 2.34. The van der Waals surface area contributed by atoms with Crippen molar-refractivity contribution in [2.24, 2.45) is 0 Å². The summed E-state index contributed by atoms with van der Waals surface area (Å²) < 4.78 is 48.6. The number of methoxy groups -OCH3 is 2. The largest absolute Gasteiger partial charge is 0.495 e. The molecule has 11 heteroatoms. The number of aliphatic hydroxyl groups excluding tert-OH is 1. The van der Waals surface area contributed by atoms with Gasteiger partial charge in [0.25, 0.3) is 0 Å². The molecule has 150 valence electrons. The van der Waals surface area contributed by atoms with Gasteiger partial charge in [-0.25, -0.2) is 22.8 Å². The van der Waals surface area contributed by atoms with Crippen molar-refractivity contribution in [2.75, 3.05) is 32.4 Å². The maximum atomic E-state index is 15.0. The van der Waals surface area contributed by atoms with Gasteiger partial charge in [0, 0.05) is 42.3 Å². The topological polar surface area (TPSA) is 102 Å². The van der Waals surface area contributed by atoms with E-state index in [4.69, 9.17) is 21.1 Å². The van der Waals surface area contributed by atoms with E-state index in [2.05, 4.69) is 9.97 Å². The summed E-state index contributed by atoms with van der Waals surface area (Å²) in [6.45, 7) is 0. The number of nitrogens with zero attached hydrogens (tertiary/aromatic N) is 3. The van der Waals surface area contributed by atoms with Crippen LogP contribution in [0.3, 0.4) is 0 Å². The number of benzene rings is 1. The normalized spacial score (nSPS) is 16.5. The zero-order valence-corrected chi connectivity index (χ0v) is 17.0. The van der Waals surface area contributed by atoms with Crippen molar-refractivity contribution in [1.29, 1.82) is 0 Å². The summed E-state index contributed by atoms with van der Waals surface area (Å²) in [5.41, 5.74) is 0.396. The van der Waals surface area contributed by atoms with Crippen LogP contribution < -0.4 is 14.4 Å². The van der Waals surface area contributed by atoms with Gasteiger partial charge in [0.1, 0.15) is 11.6 Å².